The second-order valence-corrected chi connectivity index (χ2v) is 5.16. The number of carbonyl (C=O) groups excluding carboxylic acids is 1. The molecule has 4 nitrogen and oxygen atoms in total. The van der Waals surface area contributed by atoms with E-state index in [-0.39, 0.29) is 18.6 Å². The summed E-state index contributed by atoms with van der Waals surface area (Å²) in [6.07, 6.45) is 0. The highest BCUT2D eigenvalue weighted by atomic mass is 35.5. The summed E-state index contributed by atoms with van der Waals surface area (Å²) in [5.74, 6) is 0.142. The van der Waals surface area contributed by atoms with Gasteiger partial charge in [-0.15, -0.1) is 0 Å². The van der Waals surface area contributed by atoms with Crippen molar-refractivity contribution in [1.82, 2.24) is 5.32 Å². The van der Waals surface area contributed by atoms with Crippen LogP contribution < -0.4 is 10.6 Å². The largest absolute Gasteiger partial charge is 0.394 e. The first-order valence-electron chi connectivity index (χ1n) is 5.57. The van der Waals surface area contributed by atoms with Crippen LogP contribution in [0.15, 0.2) is 18.2 Å². The summed E-state index contributed by atoms with van der Waals surface area (Å²) in [7, 11) is 0. The Kier molecular flexibility index (Phi) is 5.72. The summed E-state index contributed by atoms with van der Waals surface area (Å²) in [6.45, 7) is 3.72. The lowest BCUT2D eigenvalue weighted by molar-refractivity contribution is 0.204. The maximum atomic E-state index is 11.7. The molecule has 3 N–H and O–H groups in total. The van der Waals surface area contributed by atoms with Gasteiger partial charge in [0.05, 0.1) is 12.6 Å². The summed E-state index contributed by atoms with van der Waals surface area (Å²) < 4.78 is 0. The van der Waals surface area contributed by atoms with Crippen molar-refractivity contribution in [3.63, 3.8) is 0 Å². The van der Waals surface area contributed by atoms with Crippen molar-refractivity contribution in [2.45, 2.75) is 19.9 Å². The number of amides is 2. The number of aliphatic hydroxyl groups excluding tert-OH is 1. The van der Waals surface area contributed by atoms with Crippen LogP contribution in [0.5, 0.6) is 0 Å². The number of benzene rings is 1. The number of hydrogen-bond donors (Lipinski definition) is 3. The zero-order chi connectivity index (χ0) is 13.7. The first kappa shape index (κ1) is 15.1. The molecule has 1 aromatic rings. The molecule has 100 valence electrons. The van der Waals surface area contributed by atoms with Crippen LogP contribution in [0.25, 0.3) is 0 Å². The molecule has 1 atom stereocenters. The molecule has 1 aromatic carbocycles. The van der Waals surface area contributed by atoms with Gasteiger partial charge in [0.1, 0.15) is 0 Å². The fraction of sp³-hybridized carbons (Fsp3) is 0.417. The molecule has 0 aliphatic heterocycles. The smallest absolute Gasteiger partial charge is 0.319 e. The SMILES string of the molecule is CC(C)C(CO)NC(=O)Nc1cc(Cl)cc(Cl)c1. The fourth-order valence-corrected chi connectivity index (χ4v) is 1.91. The zero-order valence-electron chi connectivity index (χ0n) is 10.2. The van der Waals surface area contributed by atoms with E-state index in [9.17, 15) is 4.79 Å². The first-order valence-corrected chi connectivity index (χ1v) is 6.32. The predicted octanol–water partition coefficient (Wildman–Crippen LogP) is 3.13. The van der Waals surface area contributed by atoms with E-state index in [1.165, 1.54) is 0 Å². The summed E-state index contributed by atoms with van der Waals surface area (Å²) in [4.78, 5) is 11.7. The van der Waals surface area contributed by atoms with E-state index in [2.05, 4.69) is 10.6 Å². The molecule has 0 spiro atoms. The van der Waals surface area contributed by atoms with E-state index in [1.54, 1.807) is 18.2 Å². The lowest BCUT2D eigenvalue weighted by Gasteiger charge is -2.20. The molecule has 0 radical (unpaired) electrons. The van der Waals surface area contributed by atoms with E-state index in [0.717, 1.165) is 0 Å². The van der Waals surface area contributed by atoms with Gasteiger partial charge in [-0.2, -0.15) is 0 Å². The molecule has 0 aromatic heterocycles. The normalized spacial score (nSPS) is 12.3. The van der Waals surface area contributed by atoms with Crippen LogP contribution in [0.1, 0.15) is 13.8 Å². The molecular weight excluding hydrogens is 275 g/mol. The number of nitrogens with one attached hydrogen (secondary N) is 2. The standard InChI is InChI=1S/C12H16Cl2N2O2/c1-7(2)11(6-17)16-12(18)15-10-4-8(13)3-9(14)5-10/h3-5,7,11,17H,6H2,1-2H3,(H2,15,16,18). The van der Waals surface area contributed by atoms with Gasteiger partial charge in [-0.05, 0) is 24.1 Å². The third-order valence-electron chi connectivity index (χ3n) is 2.44. The third kappa shape index (κ3) is 4.72. The Morgan fingerprint density at radius 1 is 1.28 bits per heavy atom. The minimum atomic E-state index is -0.402. The highest BCUT2D eigenvalue weighted by Crippen LogP contribution is 2.22. The van der Waals surface area contributed by atoms with Gasteiger partial charge in [0, 0.05) is 15.7 Å². The summed E-state index contributed by atoms with van der Waals surface area (Å²) >= 11 is 11.6. The maximum Gasteiger partial charge on any atom is 0.319 e. The average Bonchev–Trinajstić information content (AvgIpc) is 2.23. The van der Waals surface area contributed by atoms with Crippen molar-refractivity contribution >= 4 is 34.9 Å². The maximum absolute atomic E-state index is 11.7. The number of urea groups is 1. The lowest BCUT2D eigenvalue weighted by Crippen LogP contribution is -2.43. The van der Waals surface area contributed by atoms with Crippen LogP contribution in [0.2, 0.25) is 10.0 Å². The van der Waals surface area contributed by atoms with Crippen molar-refractivity contribution in [3.8, 4) is 0 Å². The molecule has 0 heterocycles. The van der Waals surface area contributed by atoms with E-state index < -0.39 is 6.03 Å². The van der Waals surface area contributed by atoms with Crippen LogP contribution in [0.4, 0.5) is 10.5 Å². The number of hydrogen-bond acceptors (Lipinski definition) is 2. The van der Waals surface area contributed by atoms with Crippen LogP contribution in [-0.2, 0) is 0 Å². The number of anilines is 1. The van der Waals surface area contributed by atoms with Crippen molar-refractivity contribution in [1.29, 1.82) is 0 Å². The van der Waals surface area contributed by atoms with Crippen molar-refractivity contribution in [2.24, 2.45) is 5.92 Å². The van der Waals surface area contributed by atoms with E-state index in [4.69, 9.17) is 28.3 Å². The van der Waals surface area contributed by atoms with Gasteiger partial charge in [-0.25, -0.2) is 4.79 Å². The molecule has 1 rings (SSSR count). The minimum Gasteiger partial charge on any atom is -0.394 e. The van der Waals surface area contributed by atoms with Gasteiger partial charge in [0.25, 0.3) is 0 Å². The molecule has 0 saturated heterocycles. The van der Waals surface area contributed by atoms with Gasteiger partial charge in [0.15, 0.2) is 0 Å². The number of carbonyl (C=O) groups is 1. The summed E-state index contributed by atoms with van der Waals surface area (Å²) in [5, 5.41) is 15.3. The van der Waals surface area contributed by atoms with Gasteiger partial charge >= 0.3 is 6.03 Å². The minimum absolute atomic E-state index is 0.110. The van der Waals surface area contributed by atoms with Gasteiger partial charge < -0.3 is 15.7 Å². The second-order valence-electron chi connectivity index (χ2n) is 4.29. The van der Waals surface area contributed by atoms with Gasteiger partial charge in [-0.1, -0.05) is 37.0 Å². The molecule has 18 heavy (non-hydrogen) atoms. The molecule has 0 fully saturated rings. The van der Waals surface area contributed by atoms with E-state index >= 15 is 0 Å². The average molecular weight is 291 g/mol. The fourth-order valence-electron chi connectivity index (χ4n) is 1.38. The topological polar surface area (TPSA) is 61.4 Å². The zero-order valence-corrected chi connectivity index (χ0v) is 11.7. The number of rotatable bonds is 4. The summed E-state index contributed by atoms with van der Waals surface area (Å²) in [5.41, 5.74) is 0.505. The number of halogens is 2. The Morgan fingerprint density at radius 2 is 1.83 bits per heavy atom. The van der Waals surface area contributed by atoms with Crippen molar-refractivity contribution in [3.05, 3.63) is 28.2 Å². The Labute approximate surface area is 116 Å². The molecule has 0 saturated carbocycles. The molecule has 0 aliphatic rings. The van der Waals surface area contributed by atoms with E-state index in [1.807, 2.05) is 13.8 Å². The molecule has 0 bridgehead atoms. The van der Waals surface area contributed by atoms with Gasteiger partial charge in [-0.3, -0.25) is 0 Å². The Morgan fingerprint density at radius 3 is 2.28 bits per heavy atom. The molecule has 2 amide bonds. The van der Waals surface area contributed by atoms with E-state index in [0.29, 0.717) is 15.7 Å². The molecule has 0 aliphatic carbocycles. The highest BCUT2D eigenvalue weighted by molar-refractivity contribution is 6.35. The Bertz CT molecular complexity index is 404. The summed E-state index contributed by atoms with van der Waals surface area (Å²) in [6, 6.07) is 4.07. The van der Waals surface area contributed by atoms with Crippen LogP contribution in [0.3, 0.4) is 0 Å². The number of aliphatic hydroxyl groups is 1. The van der Waals surface area contributed by atoms with Crippen molar-refractivity contribution < 1.29 is 9.90 Å². The molecule has 1 unspecified atom stereocenters. The molecular formula is C12H16Cl2N2O2. The van der Waals surface area contributed by atoms with Crippen LogP contribution >= 0.6 is 23.2 Å². The monoisotopic (exact) mass is 290 g/mol. The van der Waals surface area contributed by atoms with Crippen LogP contribution in [0, 0.1) is 5.92 Å². The third-order valence-corrected chi connectivity index (χ3v) is 2.87. The van der Waals surface area contributed by atoms with Gasteiger partial charge in [0.2, 0.25) is 0 Å². The first-order chi connectivity index (χ1) is 8.42. The predicted molar refractivity (Wildman–Crippen MR) is 74.3 cm³/mol. The lowest BCUT2D eigenvalue weighted by atomic mass is 10.1. The van der Waals surface area contributed by atoms with Crippen LogP contribution in [-0.4, -0.2) is 23.8 Å². The Balaban J connectivity index is 2.64. The van der Waals surface area contributed by atoms with Crippen molar-refractivity contribution in [2.75, 3.05) is 11.9 Å². The Hall–Kier alpha value is -0.970. The highest BCUT2D eigenvalue weighted by Gasteiger charge is 2.15. The second kappa shape index (κ2) is 6.83. The molecule has 6 heteroatoms. The quantitative estimate of drug-likeness (QED) is 0.798.